The molecule has 1 unspecified atom stereocenters. The van der Waals surface area contributed by atoms with Gasteiger partial charge in [0.05, 0.1) is 15.5 Å². The Kier molecular flexibility index (Phi) is 6.01. The molecule has 1 amide bonds. The summed E-state index contributed by atoms with van der Waals surface area (Å²) in [5.41, 5.74) is -0.255. The molecule has 1 atom stereocenters. The number of hydrogen-bond acceptors (Lipinski definition) is 3. The molecule has 4 nitrogen and oxygen atoms in total. The van der Waals surface area contributed by atoms with E-state index in [4.69, 9.17) is 22.3 Å². The highest BCUT2D eigenvalue weighted by atomic mass is 35.7. The van der Waals surface area contributed by atoms with E-state index in [-0.39, 0.29) is 17.5 Å². The average molecular weight is 356 g/mol. The standard InChI is InChI=1S/C13H16Cl2FNO3S/c1-4-11(7(2)3)17-13(18)9-5-8(21(15,19)20)6-10(16)12(9)14/h5-7,11H,4H2,1-3H3,(H,17,18). The Balaban J connectivity index is 3.24. The van der Waals surface area contributed by atoms with Crippen molar-refractivity contribution in [2.75, 3.05) is 0 Å². The fourth-order valence-electron chi connectivity index (χ4n) is 1.86. The minimum atomic E-state index is -4.15. The van der Waals surface area contributed by atoms with Gasteiger partial charge in [-0.25, -0.2) is 12.8 Å². The molecule has 0 aliphatic heterocycles. The number of carbonyl (C=O) groups excluding carboxylic acids is 1. The number of halogens is 3. The minimum Gasteiger partial charge on any atom is -0.349 e. The third-order valence-corrected chi connectivity index (χ3v) is 4.81. The van der Waals surface area contributed by atoms with Crippen molar-refractivity contribution in [1.29, 1.82) is 0 Å². The molecule has 1 rings (SSSR count). The molecule has 1 aromatic rings. The molecule has 118 valence electrons. The molecule has 0 saturated heterocycles. The van der Waals surface area contributed by atoms with Crippen LogP contribution in [-0.4, -0.2) is 20.4 Å². The van der Waals surface area contributed by atoms with Gasteiger partial charge in [-0.05, 0) is 24.5 Å². The van der Waals surface area contributed by atoms with E-state index < -0.39 is 30.7 Å². The Bertz CT molecular complexity index is 647. The summed E-state index contributed by atoms with van der Waals surface area (Å²) in [7, 11) is 1.02. The van der Waals surface area contributed by atoms with Gasteiger partial charge in [0.2, 0.25) is 0 Å². The first-order chi connectivity index (χ1) is 9.57. The third kappa shape index (κ3) is 4.56. The number of carbonyl (C=O) groups is 1. The molecular weight excluding hydrogens is 340 g/mol. The molecular formula is C13H16Cl2FNO3S. The highest BCUT2D eigenvalue weighted by Gasteiger charge is 2.23. The Hall–Kier alpha value is -0.850. The van der Waals surface area contributed by atoms with Gasteiger partial charge < -0.3 is 5.32 Å². The molecule has 0 saturated carbocycles. The summed E-state index contributed by atoms with van der Waals surface area (Å²) in [4.78, 5) is 11.7. The molecule has 0 heterocycles. The predicted octanol–water partition coefficient (Wildman–Crippen LogP) is 3.57. The van der Waals surface area contributed by atoms with Crippen LogP contribution in [0.4, 0.5) is 4.39 Å². The van der Waals surface area contributed by atoms with E-state index in [9.17, 15) is 17.6 Å². The number of amides is 1. The predicted molar refractivity (Wildman–Crippen MR) is 80.8 cm³/mol. The van der Waals surface area contributed by atoms with Gasteiger partial charge in [0, 0.05) is 16.7 Å². The molecule has 0 spiro atoms. The van der Waals surface area contributed by atoms with Crippen LogP contribution in [-0.2, 0) is 9.05 Å². The van der Waals surface area contributed by atoms with Crippen molar-refractivity contribution in [3.8, 4) is 0 Å². The molecule has 0 bridgehead atoms. The second-order valence-electron chi connectivity index (χ2n) is 4.94. The van der Waals surface area contributed by atoms with Gasteiger partial charge >= 0.3 is 0 Å². The lowest BCUT2D eigenvalue weighted by Gasteiger charge is -2.21. The van der Waals surface area contributed by atoms with Crippen LogP contribution in [0.1, 0.15) is 37.6 Å². The quantitative estimate of drug-likeness (QED) is 0.821. The lowest BCUT2D eigenvalue weighted by atomic mass is 10.0. The number of rotatable bonds is 5. The monoisotopic (exact) mass is 355 g/mol. The van der Waals surface area contributed by atoms with E-state index in [2.05, 4.69) is 5.32 Å². The van der Waals surface area contributed by atoms with Crippen molar-refractivity contribution in [3.05, 3.63) is 28.5 Å². The van der Waals surface area contributed by atoms with Crippen LogP contribution < -0.4 is 5.32 Å². The van der Waals surface area contributed by atoms with Crippen molar-refractivity contribution in [2.45, 2.75) is 38.1 Å². The molecule has 0 aromatic heterocycles. The van der Waals surface area contributed by atoms with E-state index in [1.807, 2.05) is 20.8 Å². The van der Waals surface area contributed by atoms with Gasteiger partial charge in [-0.15, -0.1) is 0 Å². The lowest BCUT2D eigenvalue weighted by molar-refractivity contribution is 0.0924. The Morgan fingerprint density at radius 1 is 1.38 bits per heavy atom. The number of benzene rings is 1. The minimum absolute atomic E-state index is 0.132. The van der Waals surface area contributed by atoms with Gasteiger partial charge in [-0.3, -0.25) is 4.79 Å². The van der Waals surface area contributed by atoms with Crippen molar-refractivity contribution < 1.29 is 17.6 Å². The maximum Gasteiger partial charge on any atom is 0.261 e. The molecule has 0 aliphatic rings. The van der Waals surface area contributed by atoms with Gasteiger partial charge in [-0.2, -0.15) is 0 Å². The Labute approximate surface area is 133 Å². The van der Waals surface area contributed by atoms with Crippen LogP contribution in [0.3, 0.4) is 0 Å². The zero-order valence-corrected chi connectivity index (χ0v) is 14.1. The summed E-state index contributed by atoms with van der Waals surface area (Å²) >= 11 is 5.74. The largest absolute Gasteiger partial charge is 0.349 e. The van der Waals surface area contributed by atoms with Gasteiger partial charge in [0.1, 0.15) is 5.82 Å². The van der Waals surface area contributed by atoms with Crippen LogP contribution >= 0.6 is 22.3 Å². The van der Waals surface area contributed by atoms with Crippen molar-refractivity contribution in [2.24, 2.45) is 5.92 Å². The highest BCUT2D eigenvalue weighted by molar-refractivity contribution is 8.13. The Morgan fingerprint density at radius 3 is 2.38 bits per heavy atom. The molecule has 0 aliphatic carbocycles. The second-order valence-corrected chi connectivity index (χ2v) is 7.88. The van der Waals surface area contributed by atoms with Gasteiger partial charge in [0.25, 0.3) is 15.0 Å². The fourth-order valence-corrected chi connectivity index (χ4v) is 2.82. The highest BCUT2D eigenvalue weighted by Crippen LogP contribution is 2.26. The topological polar surface area (TPSA) is 63.2 Å². The average Bonchev–Trinajstić information content (AvgIpc) is 2.36. The Morgan fingerprint density at radius 2 is 1.95 bits per heavy atom. The smallest absolute Gasteiger partial charge is 0.261 e. The SMILES string of the molecule is CCC(NC(=O)c1cc(S(=O)(=O)Cl)cc(F)c1Cl)C(C)C. The van der Waals surface area contributed by atoms with E-state index in [1.165, 1.54) is 0 Å². The van der Waals surface area contributed by atoms with E-state index in [0.29, 0.717) is 12.5 Å². The summed E-state index contributed by atoms with van der Waals surface area (Å²) < 4.78 is 36.2. The molecule has 1 aromatic carbocycles. The number of nitrogens with one attached hydrogen (secondary N) is 1. The molecule has 0 radical (unpaired) electrons. The molecule has 8 heteroatoms. The van der Waals surface area contributed by atoms with E-state index >= 15 is 0 Å². The van der Waals surface area contributed by atoms with E-state index in [0.717, 1.165) is 6.07 Å². The molecule has 21 heavy (non-hydrogen) atoms. The first kappa shape index (κ1) is 18.2. The first-order valence-corrected chi connectivity index (χ1v) is 9.01. The fraction of sp³-hybridized carbons (Fsp3) is 0.462. The molecule has 1 N–H and O–H groups in total. The van der Waals surface area contributed by atoms with E-state index in [1.54, 1.807) is 0 Å². The van der Waals surface area contributed by atoms with Gasteiger partial charge in [-0.1, -0.05) is 32.4 Å². The zero-order chi connectivity index (χ0) is 16.4. The normalized spacial score (nSPS) is 13.3. The zero-order valence-electron chi connectivity index (χ0n) is 11.8. The number of hydrogen-bond donors (Lipinski definition) is 1. The summed E-state index contributed by atoms with van der Waals surface area (Å²) in [5, 5.41) is 2.27. The molecule has 0 fully saturated rings. The van der Waals surface area contributed by atoms with Gasteiger partial charge in [0.15, 0.2) is 0 Å². The lowest BCUT2D eigenvalue weighted by Crippen LogP contribution is -2.38. The van der Waals surface area contributed by atoms with Crippen LogP contribution in [0.2, 0.25) is 5.02 Å². The maximum absolute atomic E-state index is 13.7. The summed E-state index contributed by atoms with van der Waals surface area (Å²) in [6.07, 6.45) is 0.678. The summed E-state index contributed by atoms with van der Waals surface area (Å²) in [6, 6.07) is 1.52. The summed E-state index contributed by atoms with van der Waals surface area (Å²) in [6.45, 7) is 5.75. The first-order valence-electron chi connectivity index (χ1n) is 6.32. The van der Waals surface area contributed by atoms with Crippen molar-refractivity contribution in [1.82, 2.24) is 5.32 Å². The second kappa shape index (κ2) is 6.94. The van der Waals surface area contributed by atoms with Crippen LogP contribution in [0.5, 0.6) is 0 Å². The maximum atomic E-state index is 13.7. The van der Waals surface area contributed by atoms with Crippen molar-refractivity contribution in [3.63, 3.8) is 0 Å². The van der Waals surface area contributed by atoms with Crippen LogP contribution in [0, 0.1) is 11.7 Å². The van der Waals surface area contributed by atoms with Crippen molar-refractivity contribution >= 4 is 37.2 Å². The summed E-state index contributed by atoms with van der Waals surface area (Å²) in [5.74, 6) is -1.48. The van der Waals surface area contributed by atoms with Crippen LogP contribution in [0.25, 0.3) is 0 Å². The third-order valence-electron chi connectivity index (χ3n) is 3.09. The van der Waals surface area contributed by atoms with Crippen LogP contribution in [0.15, 0.2) is 17.0 Å².